The first-order valence-corrected chi connectivity index (χ1v) is 8.68. The zero-order chi connectivity index (χ0) is 20.5. The van der Waals surface area contributed by atoms with Crippen molar-refractivity contribution in [3.8, 4) is 5.75 Å². The molecule has 0 heterocycles. The normalized spacial score (nSPS) is 9.93. The molecule has 0 aromatic heterocycles. The maximum absolute atomic E-state index is 12.5. The van der Waals surface area contributed by atoms with Gasteiger partial charge in [0, 0.05) is 23.4 Å². The quantitative estimate of drug-likeness (QED) is 0.433. The zero-order valence-electron chi connectivity index (χ0n) is 15.8. The Kier molecular flexibility index (Phi) is 7.33. The van der Waals surface area contributed by atoms with E-state index in [2.05, 4.69) is 17.2 Å². The van der Waals surface area contributed by atoms with Gasteiger partial charge in [0.15, 0.2) is 0 Å². The average molecular weight is 382 g/mol. The van der Waals surface area contributed by atoms with Crippen LogP contribution >= 0.6 is 0 Å². The molecule has 0 aliphatic heterocycles. The summed E-state index contributed by atoms with van der Waals surface area (Å²) >= 11 is 0. The molecule has 0 bridgehead atoms. The fourth-order valence-electron chi connectivity index (χ4n) is 2.24. The van der Waals surface area contributed by atoms with Crippen molar-refractivity contribution in [2.24, 2.45) is 0 Å². The smallest absolute Gasteiger partial charge is 0.434 e. The van der Waals surface area contributed by atoms with E-state index in [1.807, 2.05) is 12.1 Å². The molecule has 0 aliphatic carbocycles. The maximum atomic E-state index is 12.5. The number of benzene rings is 2. The fourth-order valence-corrected chi connectivity index (χ4v) is 2.24. The van der Waals surface area contributed by atoms with Gasteiger partial charge in [0.25, 0.3) is 5.91 Å². The summed E-state index contributed by atoms with van der Waals surface area (Å²) in [5, 5.41) is 5.55. The van der Waals surface area contributed by atoms with Gasteiger partial charge in [-0.1, -0.05) is 24.8 Å². The van der Waals surface area contributed by atoms with Crippen LogP contribution in [-0.2, 0) is 16.1 Å². The standard InChI is InChI=1S/C21H22N2O5/c1-4-27-21(26)28-17-11-9-15(10-12-17)20(25)23-18-8-6-5-7-16(18)13-22-19(24)14(2)3/h5-12H,2,4,13H2,1,3H3,(H,22,24)(H,23,25). The van der Waals surface area contributed by atoms with Gasteiger partial charge in [0.05, 0.1) is 6.61 Å². The van der Waals surface area contributed by atoms with Crippen molar-refractivity contribution in [3.63, 3.8) is 0 Å². The Hall–Kier alpha value is -3.61. The Balaban J connectivity index is 2.03. The second-order valence-corrected chi connectivity index (χ2v) is 5.88. The van der Waals surface area contributed by atoms with Gasteiger partial charge >= 0.3 is 6.16 Å². The first-order valence-electron chi connectivity index (χ1n) is 8.68. The van der Waals surface area contributed by atoms with Gasteiger partial charge < -0.3 is 20.1 Å². The summed E-state index contributed by atoms with van der Waals surface area (Å²) < 4.78 is 9.65. The molecular weight excluding hydrogens is 360 g/mol. The first-order chi connectivity index (χ1) is 13.4. The van der Waals surface area contributed by atoms with E-state index in [4.69, 9.17) is 9.47 Å². The topological polar surface area (TPSA) is 93.7 Å². The predicted molar refractivity (Wildman–Crippen MR) is 105 cm³/mol. The van der Waals surface area contributed by atoms with Crippen molar-refractivity contribution in [2.45, 2.75) is 20.4 Å². The summed E-state index contributed by atoms with van der Waals surface area (Å²) in [5.74, 6) is -0.308. The van der Waals surface area contributed by atoms with E-state index in [9.17, 15) is 14.4 Å². The van der Waals surface area contributed by atoms with E-state index in [0.29, 0.717) is 16.8 Å². The van der Waals surface area contributed by atoms with Crippen LogP contribution in [0, 0.1) is 0 Å². The van der Waals surface area contributed by atoms with Gasteiger partial charge in [0.2, 0.25) is 5.91 Å². The largest absolute Gasteiger partial charge is 0.513 e. The molecule has 146 valence electrons. The molecule has 7 heteroatoms. The van der Waals surface area contributed by atoms with E-state index < -0.39 is 6.16 Å². The Bertz CT molecular complexity index is 875. The summed E-state index contributed by atoms with van der Waals surface area (Å²) in [6.07, 6.45) is -0.801. The Morgan fingerprint density at radius 3 is 2.36 bits per heavy atom. The van der Waals surface area contributed by atoms with Crippen LogP contribution in [0.25, 0.3) is 0 Å². The van der Waals surface area contributed by atoms with E-state index in [1.54, 1.807) is 26.0 Å². The van der Waals surface area contributed by atoms with E-state index in [0.717, 1.165) is 5.56 Å². The minimum Gasteiger partial charge on any atom is -0.434 e. The van der Waals surface area contributed by atoms with Gasteiger partial charge in [-0.3, -0.25) is 9.59 Å². The fraction of sp³-hybridized carbons (Fsp3) is 0.190. The minimum atomic E-state index is -0.801. The van der Waals surface area contributed by atoms with Crippen LogP contribution in [0.3, 0.4) is 0 Å². The lowest BCUT2D eigenvalue weighted by Crippen LogP contribution is -2.24. The molecule has 0 saturated carbocycles. The highest BCUT2D eigenvalue weighted by Gasteiger charge is 2.11. The van der Waals surface area contributed by atoms with Gasteiger partial charge in [-0.15, -0.1) is 0 Å². The summed E-state index contributed by atoms with van der Waals surface area (Å²) in [6.45, 7) is 7.36. The van der Waals surface area contributed by atoms with Crippen molar-refractivity contribution in [1.82, 2.24) is 5.32 Å². The first kappa shape index (κ1) is 20.7. The molecule has 0 atom stereocenters. The van der Waals surface area contributed by atoms with Crippen LogP contribution in [0.1, 0.15) is 29.8 Å². The Labute approximate surface area is 163 Å². The summed E-state index contributed by atoms with van der Waals surface area (Å²) in [5.41, 5.74) is 2.14. The number of para-hydroxylation sites is 1. The third-order valence-corrected chi connectivity index (χ3v) is 3.67. The van der Waals surface area contributed by atoms with E-state index in [1.165, 1.54) is 24.3 Å². The van der Waals surface area contributed by atoms with Crippen LogP contribution in [0.4, 0.5) is 10.5 Å². The minimum absolute atomic E-state index is 0.214. The van der Waals surface area contributed by atoms with Gasteiger partial charge in [-0.05, 0) is 49.7 Å². The lowest BCUT2D eigenvalue weighted by Gasteiger charge is -2.12. The molecule has 2 amide bonds. The zero-order valence-corrected chi connectivity index (χ0v) is 15.8. The third-order valence-electron chi connectivity index (χ3n) is 3.67. The monoisotopic (exact) mass is 382 g/mol. The number of hydrogen-bond acceptors (Lipinski definition) is 5. The van der Waals surface area contributed by atoms with E-state index in [-0.39, 0.29) is 30.7 Å². The lowest BCUT2D eigenvalue weighted by molar-refractivity contribution is -0.117. The molecule has 2 aromatic rings. The highest BCUT2D eigenvalue weighted by molar-refractivity contribution is 6.04. The SMILES string of the molecule is C=C(C)C(=O)NCc1ccccc1NC(=O)c1ccc(OC(=O)OCC)cc1. The van der Waals surface area contributed by atoms with Crippen LogP contribution in [0.2, 0.25) is 0 Å². The number of nitrogens with one attached hydrogen (secondary N) is 2. The molecule has 0 spiro atoms. The molecule has 0 fully saturated rings. The summed E-state index contributed by atoms with van der Waals surface area (Å²) in [4.78, 5) is 35.5. The number of ether oxygens (including phenoxy) is 2. The van der Waals surface area contributed by atoms with Crippen LogP contribution < -0.4 is 15.4 Å². The summed E-state index contributed by atoms with van der Waals surface area (Å²) in [7, 11) is 0. The second kappa shape index (κ2) is 9.91. The highest BCUT2D eigenvalue weighted by Crippen LogP contribution is 2.18. The molecule has 2 N–H and O–H groups in total. The van der Waals surface area contributed by atoms with Gasteiger partial charge in [0.1, 0.15) is 5.75 Å². The predicted octanol–water partition coefficient (Wildman–Crippen LogP) is 3.67. The maximum Gasteiger partial charge on any atom is 0.513 e. The van der Waals surface area contributed by atoms with Crippen molar-refractivity contribution in [3.05, 3.63) is 71.8 Å². The lowest BCUT2D eigenvalue weighted by atomic mass is 10.1. The molecule has 2 rings (SSSR count). The molecule has 0 saturated heterocycles. The third kappa shape index (κ3) is 5.98. The molecule has 28 heavy (non-hydrogen) atoms. The molecule has 0 aliphatic rings. The number of rotatable bonds is 7. The van der Waals surface area contributed by atoms with E-state index >= 15 is 0 Å². The van der Waals surface area contributed by atoms with Crippen molar-refractivity contribution in [2.75, 3.05) is 11.9 Å². The molecule has 0 unspecified atom stereocenters. The number of amides is 2. The number of hydrogen-bond donors (Lipinski definition) is 2. The molecular formula is C21H22N2O5. The highest BCUT2D eigenvalue weighted by atomic mass is 16.7. The number of anilines is 1. The summed E-state index contributed by atoms with van der Waals surface area (Å²) in [6, 6.07) is 13.2. The number of carbonyl (C=O) groups excluding carboxylic acids is 3. The molecule has 2 aromatic carbocycles. The van der Waals surface area contributed by atoms with Crippen LogP contribution in [-0.4, -0.2) is 24.6 Å². The van der Waals surface area contributed by atoms with Gasteiger partial charge in [-0.2, -0.15) is 0 Å². The molecule has 0 radical (unpaired) electrons. The second-order valence-electron chi connectivity index (χ2n) is 5.88. The molecule has 7 nitrogen and oxygen atoms in total. The van der Waals surface area contributed by atoms with Crippen LogP contribution in [0.15, 0.2) is 60.7 Å². The van der Waals surface area contributed by atoms with Crippen molar-refractivity contribution >= 4 is 23.7 Å². The van der Waals surface area contributed by atoms with Crippen LogP contribution in [0.5, 0.6) is 5.75 Å². The Morgan fingerprint density at radius 1 is 1.04 bits per heavy atom. The van der Waals surface area contributed by atoms with Crippen molar-refractivity contribution < 1.29 is 23.9 Å². The van der Waals surface area contributed by atoms with Crippen molar-refractivity contribution in [1.29, 1.82) is 0 Å². The van der Waals surface area contributed by atoms with Gasteiger partial charge in [-0.25, -0.2) is 4.79 Å². The number of carbonyl (C=O) groups is 3. The Morgan fingerprint density at radius 2 is 1.71 bits per heavy atom. The average Bonchev–Trinajstić information content (AvgIpc) is 2.67.